The van der Waals surface area contributed by atoms with Gasteiger partial charge >= 0.3 is 0 Å². The lowest BCUT2D eigenvalue weighted by atomic mass is 10.1. The summed E-state index contributed by atoms with van der Waals surface area (Å²) < 4.78 is 2.43. The molecule has 0 aliphatic heterocycles. The molecule has 21 heavy (non-hydrogen) atoms. The topological polar surface area (TPSA) is 62.7 Å². The third kappa shape index (κ3) is 4.01. The van der Waals surface area contributed by atoms with Crippen LogP contribution in [-0.4, -0.2) is 27.2 Å². The van der Waals surface area contributed by atoms with Crippen LogP contribution in [0.4, 0.5) is 0 Å². The normalized spacial score (nSPS) is 12.1. The smallest absolute Gasteiger partial charge is 0.254 e. The Morgan fingerprint density at radius 2 is 2.29 bits per heavy atom. The van der Waals surface area contributed by atoms with Crippen LogP contribution in [0.25, 0.3) is 0 Å². The molecule has 112 valence electrons. The Bertz CT molecular complexity index is 689. The molecule has 1 atom stereocenters. The van der Waals surface area contributed by atoms with E-state index in [2.05, 4.69) is 28.4 Å². The van der Waals surface area contributed by atoms with E-state index in [-0.39, 0.29) is 11.8 Å². The summed E-state index contributed by atoms with van der Waals surface area (Å²) in [7, 11) is 0. The second-order valence-electron chi connectivity index (χ2n) is 5.34. The van der Waals surface area contributed by atoms with Gasteiger partial charge in [-0.15, -0.1) is 0 Å². The average molecular weight is 304 g/mol. The third-order valence-electron chi connectivity index (χ3n) is 3.26. The van der Waals surface area contributed by atoms with Crippen molar-refractivity contribution in [2.45, 2.75) is 27.3 Å². The number of rotatable bonds is 5. The number of amides is 1. The van der Waals surface area contributed by atoms with Crippen molar-refractivity contribution in [1.29, 1.82) is 0 Å². The Hall–Kier alpha value is -1.95. The highest BCUT2D eigenvalue weighted by Crippen LogP contribution is 2.06. The molecule has 2 aromatic rings. The zero-order chi connectivity index (χ0) is 15.4. The minimum atomic E-state index is -0.142. The molecular formula is C15H20N4OS. The van der Waals surface area contributed by atoms with Crippen molar-refractivity contribution in [3.8, 4) is 0 Å². The van der Waals surface area contributed by atoms with E-state index in [0.717, 1.165) is 17.9 Å². The number of aryl methyl sites for hydroxylation is 2. The fourth-order valence-electron chi connectivity index (χ4n) is 2.18. The van der Waals surface area contributed by atoms with Gasteiger partial charge in [-0.3, -0.25) is 9.48 Å². The number of hydrogen-bond acceptors (Lipinski definition) is 3. The maximum atomic E-state index is 12.1. The largest absolute Gasteiger partial charge is 0.352 e. The van der Waals surface area contributed by atoms with Gasteiger partial charge in [0, 0.05) is 25.0 Å². The molecule has 1 amide bonds. The molecule has 0 unspecified atom stereocenters. The molecule has 6 heteroatoms. The molecule has 0 radical (unpaired) electrons. The molecule has 2 N–H and O–H groups in total. The molecular weight excluding hydrogens is 284 g/mol. The van der Waals surface area contributed by atoms with E-state index in [1.54, 1.807) is 18.3 Å². The summed E-state index contributed by atoms with van der Waals surface area (Å²) in [5.74, 6) is 0.144. The second kappa shape index (κ2) is 6.67. The van der Waals surface area contributed by atoms with Crippen LogP contribution >= 0.6 is 12.2 Å². The van der Waals surface area contributed by atoms with Gasteiger partial charge in [-0.25, -0.2) is 0 Å². The van der Waals surface area contributed by atoms with Crippen LogP contribution < -0.4 is 5.32 Å². The maximum Gasteiger partial charge on any atom is 0.254 e. The first-order valence-electron chi connectivity index (χ1n) is 6.94. The number of hydrogen-bond donors (Lipinski definition) is 2. The maximum absolute atomic E-state index is 12.1. The molecule has 0 aliphatic carbocycles. The van der Waals surface area contributed by atoms with Crippen molar-refractivity contribution in [1.82, 2.24) is 20.1 Å². The summed E-state index contributed by atoms with van der Waals surface area (Å²) in [4.78, 5) is 14.9. The molecule has 0 saturated carbocycles. The second-order valence-corrected chi connectivity index (χ2v) is 5.75. The molecule has 0 aromatic carbocycles. The van der Waals surface area contributed by atoms with Crippen LogP contribution in [0.2, 0.25) is 0 Å². The lowest BCUT2D eigenvalue weighted by molar-refractivity contribution is 0.0945. The number of aromatic amines is 1. The minimum Gasteiger partial charge on any atom is -0.352 e. The predicted octanol–water partition coefficient (Wildman–Crippen LogP) is 2.62. The quantitative estimate of drug-likeness (QED) is 0.835. The van der Waals surface area contributed by atoms with Crippen molar-refractivity contribution < 1.29 is 4.79 Å². The summed E-state index contributed by atoms with van der Waals surface area (Å²) in [6.07, 6.45) is 1.71. The van der Waals surface area contributed by atoms with Gasteiger partial charge in [0.1, 0.15) is 4.64 Å². The predicted molar refractivity (Wildman–Crippen MR) is 84.8 cm³/mol. The number of carbonyl (C=O) groups excluding carboxylic acids is 1. The highest BCUT2D eigenvalue weighted by Gasteiger charge is 2.11. The SMILES string of the molecule is Cc1cc(C)n(C[C@H](C)CNC(=O)c2ccc[nH]c2=S)n1. The summed E-state index contributed by atoms with van der Waals surface area (Å²) >= 11 is 5.10. The van der Waals surface area contributed by atoms with Crippen molar-refractivity contribution >= 4 is 18.1 Å². The van der Waals surface area contributed by atoms with E-state index in [0.29, 0.717) is 16.7 Å². The third-order valence-corrected chi connectivity index (χ3v) is 3.60. The van der Waals surface area contributed by atoms with Crippen LogP contribution in [0.5, 0.6) is 0 Å². The fraction of sp³-hybridized carbons (Fsp3) is 0.400. The number of carbonyl (C=O) groups is 1. The van der Waals surface area contributed by atoms with Gasteiger partial charge in [-0.05, 0) is 38.0 Å². The Kier molecular flexibility index (Phi) is 4.90. The standard InChI is InChI=1S/C15H20N4OS/c1-10(9-19-12(3)7-11(2)18-19)8-17-14(20)13-5-4-6-16-15(13)21/h4-7,10H,8-9H2,1-3H3,(H,16,21)(H,17,20)/t10-/m1/s1. The molecule has 0 fully saturated rings. The van der Waals surface area contributed by atoms with E-state index in [1.807, 2.05) is 18.5 Å². The molecule has 0 spiro atoms. The number of nitrogens with one attached hydrogen (secondary N) is 2. The van der Waals surface area contributed by atoms with Crippen LogP contribution in [0.15, 0.2) is 24.4 Å². The first kappa shape index (κ1) is 15.4. The highest BCUT2D eigenvalue weighted by atomic mass is 32.1. The Morgan fingerprint density at radius 1 is 1.52 bits per heavy atom. The van der Waals surface area contributed by atoms with Gasteiger partial charge in [0.05, 0.1) is 11.3 Å². The summed E-state index contributed by atoms with van der Waals surface area (Å²) in [5, 5.41) is 7.35. The average Bonchev–Trinajstić information content (AvgIpc) is 2.74. The van der Waals surface area contributed by atoms with Gasteiger partial charge < -0.3 is 10.3 Å². The van der Waals surface area contributed by atoms with Crippen molar-refractivity contribution in [3.63, 3.8) is 0 Å². The fourth-order valence-corrected chi connectivity index (χ4v) is 2.41. The summed E-state index contributed by atoms with van der Waals surface area (Å²) in [5.41, 5.74) is 2.65. The zero-order valence-electron chi connectivity index (χ0n) is 12.5. The number of aromatic nitrogens is 3. The van der Waals surface area contributed by atoms with Crippen LogP contribution in [0.1, 0.15) is 28.7 Å². The van der Waals surface area contributed by atoms with Gasteiger partial charge in [0.25, 0.3) is 5.91 Å². The van der Waals surface area contributed by atoms with E-state index < -0.39 is 0 Å². The van der Waals surface area contributed by atoms with Gasteiger partial charge in [0.15, 0.2) is 0 Å². The van der Waals surface area contributed by atoms with Crippen molar-refractivity contribution in [2.24, 2.45) is 5.92 Å². The summed E-state index contributed by atoms with van der Waals surface area (Å²) in [6.45, 7) is 7.46. The van der Waals surface area contributed by atoms with E-state index in [1.165, 1.54) is 0 Å². The van der Waals surface area contributed by atoms with E-state index >= 15 is 0 Å². The molecule has 2 aromatic heterocycles. The number of nitrogens with zero attached hydrogens (tertiary/aromatic N) is 2. The van der Waals surface area contributed by atoms with Gasteiger partial charge in [0.2, 0.25) is 0 Å². The van der Waals surface area contributed by atoms with E-state index in [9.17, 15) is 4.79 Å². The molecule has 2 heterocycles. The summed E-state index contributed by atoms with van der Waals surface area (Å²) in [6, 6.07) is 5.54. The van der Waals surface area contributed by atoms with Gasteiger partial charge in [-0.1, -0.05) is 19.1 Å². The van der Waals surface area contributed by atoms with Crippen LogP contribution in [0.3, 0.4) is 0 Å². The van der Waals surface area contributed by atoms with Crippen molar-refractivity contribution in [2.75, 3.05) is 6.54 Å². The monoisotopic (exact) mass is 304 g/mol. The molecule has 0 saturated heterocycles. The number of H-pyrrole nitrogens is 1. The van der Waals surface area contributed by atoms with E-state index in [4.69, 9.17) is 12.2 Å². The number of pyridine rings is 1. The zero-order valence-corrected chi connectivity index (χ0v) is 13.3. The van der Waals surface area contributed by atoms with Gasteiger partial charge in [-0.2, -0.15) is 5.10 Å². The molecule has 5 nitrogen and oxygen atoms in total. The Balaban J connectivity index is 1.91. The lowest BCUT2D eigenvalue weighted by Crippen LogP contribution is -2.30. The molecule has 0 aliphatic rings. The Labute approximate surface area is 129 Å². The highest BCUT2D eigenvalue weighted by molar-refractivity contribution is 7.71. The molecule has 2 rings (SSSR count). The van der Waals surface area contributed by atoms with Crippen molar-refractivity contribution in [3.05, 3.63) is 46.0 Å². The van der Waals surface area contributed by atoms with Crippen LogP contribution in [-0.2, 0) is 6.54 Å². The lowest BCUT2D eigenvalue weighted by Gasteiger charge is -2.14. The molecule has 0 bridgehead atoms. The van der Waals surface area contributed by atoms with Crippen LogP contribution in [0, 0.1) is 24.4 Å². The Morgan fingerprint density at radius 3 is 2.90 bits per heavy atom. The minimum absolute atomic E-state index is 0.142. The first-order valence-corrected chi connectivity index (χ1v) is 7.35. The first-order chi connectivity index (χ1) is 9.97.